The summed E-state index contributed by atoms with van der Waals surface area (Å²) in [6.07, 6.45) is 4.47. The van der Waals surface area contributed by atoms with Crippen LogP contribution in [-0.2, 0) is 7.05 Å². The van der Waals surface area contributed by atoms with E-state index in [4.69, 9.17) is 0 Å². The van der Waals surface area contributed by atoms with Gasteiger partial charge in [-0.05, 0) is 6.07 Å². The molecule has 0 unspecified atom stereocenters. The van der Waals surface area contributed by atoms with Crippen molar-refractivity contribution in [1.29, 1.82) is 0 Å². The Balaban J connectivity index is 2.24. The molecule has 2 rings (SSSR count). The Morgan fingerprint density at radius 1 is 1.50 bits per heavy atom. The van der Waals surface area contributed by atoms with Crippen LogP contribution < -0.4 is 10.6 Å². The third-order valence-electron chi connectivity index (χ3n) is 2.33. The number of halogens is 1. The van der Waals surface area contributed by atoms with E-state index >= 15 is 0 Å². The van der Waals surface area contributed by atoms with Gasteiger partial charge in [0.1, 0.15) is 0 Å². The van der Waals surface area contributed by atoms with Crippen LogP contribution in [0.25, 0.3) is 0 Å². The van der Waals surface area contributed by atoms with E-state index in [2.05, 4.69) is 20.7 Å². The third kappa shape index (κ3) is 2.29. The monoisotopic (exact) mass is 249 g/mol. The summed E-state index contributed by atoms with van der Waals surface area (Å²) in [6.45, 7) is 0. The molecule has 7 heteroatoms. The van der Waals surface area contributed by atoms with Gasteiger partial charge >= 0.3 is 0 Å². The maximum Gasteiger partial charge on any atom is 0.258 e. The number of carbonyl (C=O) groups excluding carboxylic acids is 1. The minimum atomic E-state index is -0.679. The molecule has 2 N–H and O–H groups in total. The zero-order valence-corrected chi connectivity index (χ0v) is 9.94. The van der Waals surface area contributed by atoms with Crippen molar-refractivity contribution in [2.75, 3.05) is 17.7 Å². The molecule has 2 aromatic rings. The van der Waals surface area contributed by atoms with Gasteiger partial charge in [0.2, 0.25) is 0 Å². The molecule has 0 saturated carbocycles. The zero-order chi connectivity index (χ0) is 13.1. The summed E-state index contributed by atoms with van der Waals surface area (Å²) in [5.74, 6) is -1.19. The highest BCUT2D eigenvalue weighted by atomic mass is 19.1. The maximum absolute atomic E-state index is 13.8. The minimum Gasteiger partial charge on any atom is -0.371 e. The van der Waals surface area contributed by atoms with Crippen LogP contribution in [0.1, 0.15) is 10.4 Å². The molecule has 0 atom stereocenters. The topological polar surface area (TPSA) is 71.8 Å². The number of rotatable bonds is 3. The van der Waals surface area contributed by atoms with Gasteiger partial charge in [0.15, 0.2) is 11.6 Å². The molecular weight excluding hydrogens is 237 g/mol. The number of aryl methyl sites for hydroxylation is 1. The molecule has 0 saturated heterocycles. The predicted octanol–water partition coefficient (Wildman–Crippen LogP) is 1.25. The van der Waals surface area contributed by atoms with Crippen LogP contribution in [0.4, 0.5) is 15.9 Å². The molecule has 2 aromatic heterocycles. The summed E-state index contributed by atoms with van der Waals surface area (Å²) in [4.78, 5) is 15.6. The van der Waals surface area contributed by atoms with Crippen LogP contribution in [0.2, 0.25) is 0 Å². The van der Waals surface area contributed by atoms with Crippen molar-refractivity contribution in [2.24, 2.45) is 7.05 Å². The molecule has 0 aliphatic heterocycles. The first kappa shape index (κ1) is 12.0. The number of nitrogens with one attached hydrogen (secondary N) is 2. The minimum absolute atomic E-state index is 0.0360. The van der Waals surface area contributed by atoms with Gasteiger partial charge < -0.3 is 10.6 Å². The number of hydrogen-bond acceptors (Lipinski definition) is 4. The van der Waals surface area contributed by atoms with Gasteiger partial charge in [-0.1, -0.05) is 0 Å². The SMILES string of the molecule is CNc1nccc(C(=O)Nc2cnn(C)c2)c1F. The molecule has 94 valence electrons. The van der Waals surface area contributed by atoms with Gasteiger partial charge in [-0.25, -0.2) is 9.37 Å². The van der Waals surface area contributed by atoms with Crippen molar-refractivity contribution in [3.05, 3.63) is 36.0 Å². The first-order chi connectivity index (χ1) is 8.61. The molecule has 0 aliphatic carbocycles. The fourth-order valence-corrected chi connectivity index (χ4v) is 1.48. The second-order valence-electron chi connectivity index (χ2n) is 3.63. The van der Waals surface area contributed by atoms with Crippen LogP contribution in [0, 0.1) is 5.82 Å². The number of amides is 1. The lowest BCUT2D eigenvalue weighted by Crippen LogP contribution is -2.14. The quantitative estimate of drug-likeness (QED) is 0.858. The first-order valence-corrected chi connectivity index (χ1v) is 5.24. The lowest BCUT2D eigenvalue weighted by Gasteiger charge is -2.06. The Morgan fingerprint density at radius 2 is 2.28 bits per heavy atom. The molecule has 0 spiro atoms. The fraction of sp³-hybridized carbons (Fsp3) is 0.182. The number of carbonyl (C=O) groups is 1. The number of aromatic nitrogens is 3. The van der Waals surface area contributed by atoms with Crippen LogP contribution in [0.3, 0.4) is 0 Å². The van der Waals surface area contributed by atoms with E-state index < -0.39 is 11.7 Å². The molecule has 1 amide bonds. The first-order valence-electron chi connectivity index (χ1n) is 5.24. The summed E-state index contributed by atoms with van der Waals surface area (Å²) in [6, 6.07) is 1.32. The van der Waals surface area contributed by atoms with Crippen molar-refractivity contribution >= 4 is 17.4 Å². The van der Waals surface area contributed by atoms with Gasteiger partial charge in [-0.3, -0.25) is 9.48 Å². The Kier molecular flexibility index (Phi) is 3.22. The fourth-order valence-electron chi connectivity index (χ4n) is 1.48. The van der Waals surface area contributed by atoms with E-state index in [1.165, 1.54) is 30.2 Å². The molecule has 0 aliphatic rings. The number of anilines is 2. The number of nitrogens with zero attached hydrogens (tertiary/aromatic N) is 3. The smallest absolute Gasteiger partial charge is 0.258 e. The maximum atomic E-state index is 13.8. The molecule has 18 heavy (non-hydrogen) atoms. The average molecular weight is 249 g/mol. The molecule has 0 fully saturated rings. The highest BCUT2D eigenvalue weighted by Gasteiger charge is 2.15. The van der Waals surface area contributed by atoms with E-state index in [1.54, 1.807) is 13.2 Å². The summed E-state index contributed by atoms with van der Waals surface area (Å²) in [5.41, 5.74) is 0.433. The lowest BCUT2D eigenvalue weighted by molar-refractivity contribution is 0.102. The molecule has 6 nitrogen and oxygen atoms in total. The Labute approximate surface area is 103 Å². The third-order valence-corrected chi connectivity index (χ3v) is 2.33. The Hall–Kier alpha value is -2.44. The van der Waals surface area contributed by atoms with Crippen molar-refractivity contribution < 1.29 is 9.18 Å². The molecule has 2 heterocycles. The Morgan fingerprint density at radius 3 is 2.89 bits per heavy atom. The number of hydrogen-bond donors (Lipinski definition) is 2. The average Bonchev–Trinajstić information content (AvgIpc) is 2.75. The Bertz CT molecular complexity index is 581. The van der Waals surface area contributed by atoms with Crippen molar-refractivity contribution in [3.8, 4) is 0 Å². The van der Waals surface area contributed by atoms with Gasteiger partial charge in [0, 0.05) is 26.5 Å². The van der Waals surface area contributed by atoms with E-state index in [1.807, 2.05) is 0 Å². The summed E-state index contributed by atoms with van der Waals surface area (Å²) in [7, 11) is 3.26. The molecule has 0 aromatic carbocycles. The second kappa shape index (κ2) is 4.82. The molecule has 0 radical (unpaired) electrons. The van der Waals surface area contributed by atoms with Crippen molar-refractivity contribution in [2.45, 2.75) is 0 Å². The van der Waals surface area contributed by atoms with Crippen molar-refractivity contribution in [1.82, 2.24) is 14.8 Å². The standard InChI is InChI=1S/C11H12FN5O/c1-13-10-9(12)8(3-4-14-10)11(18)16-7-5-15-17(2)6-7/h3-6H,1-2H3,(H,13,14)(H,16,18). The summed E-state index contributed by atoms with van der Waals surface area (Å²) < 4.78 is 15.4. The van der Waals surface area contributed by atoms with Gasteiger partial charge in [-0.15, -0.1) is 0 Å². The van der Waals surface area contributed by atoms with Crippen LogP contribution in [0.5, 0.6) is 0 Å². The lowest BCUT2D eigenvalue weighted by atomic mass is 10.2. The van der Waals surface area contributed by atoms with E-state index in [0.29, 0.717) is 5.69 Å². The van der Waals surface area contributed by atoms with E-state index in [-0.39, 0.29) is 11.4 Å². The van der Waals surface area contributed by atoms with Gasteiger partial charge in [-0.2, -0.15) is 5.10 Å². The summed E-state index contributed by atoms with van der Waals surface area (Å²) >= 11 is 0. The van der Waals surface area contributed by atoms with Gasteiger partial charge in [0.05, 0.1) is 17.4 Å². The van der Waals surface area contributed by atoms with Crippen LogP contribution >= 0.6 is 0 Å². The number of pyridine rings is 1. The predicted molar refractivity (Wildman–Crippen MR) is 64.9 cm³/mol. The van der Waals surface area contributed by atoms with Crippen LogP contribution in [0.15, 0.2) is 24.7 Å². The molecular formula is C11H12FN5O. The highest BCUT2D eigenvalue weighted by molar-refractivity contribution is 6.04. The zero-order valence-electron chi connectivity index (χ0n) is 9.94. The largest absolute Gasteiger partial charge is 0.371 e. The highest BCUT2D eigenvalue weighted by Crippen LogP contribution is 2.16. The second-order valence-corrected chi connectivity index (χ2v) is 3.63. The van der Waals surface area contributed by atoms with E-state index in [0.717, 1.165) is 0 Å². The van der Waals surface area contributed by atoms with Crippen LogP contribution in [-0.4, -0.2) is 27.7 Å². The summed E-state index contributed by atoms with van der Waals surface area (Å²) in [5, 5.41) is 9.03. The normalized spacial score (nSPS) is 10.2. The van der Waals surface area contributed by atoms with Crippen molar-refractivity contribution in [3.63, 3.8) is 0 Å². The van der Waals surface area contributed by atoms with E-state index in [9.17, 15) is 9.18 Å². The molecule has 0 bridgehead atoms. The van der Waals surface area contributed by atoms with Gasteiger partial charge in [0.25, 0.3) is 5.91 Å².